The van der Waals surface area contributed by atoms with Crippen LogP contribution in [0.2, 0.25) is 0 Å². The smallest absolute Gasteiger partial charge is 0.327 e. The lowest BCUT2D eigenvalue weighted by molar-refractivity contribution is -0.147. The highest BCUT2D eigenvalue weighted by atomic mass is 16.5. The molecule has 0 amide bonds. The first-order valence-corrected chi connectivity index (χ1v) is 6.73. The van der Waals surface area contributed by atoms with Crippen LogP contribution >= 0.6 is 0 Å². The number of carbonyl (C=O) groups is 1. The number of benzene rings is 1. The van der Waals surface area contributed by atoms with Gasteiger partial charge in [0, 0.05) is 25.3 Å². The van der Waals surface area contributed by atoms with E-state index in [2.05, 4.69) is 0 Å². The van der Waals surface area contributed by atoms with Crippen molar-refractivity contribution in [1.82, 2.24) is 0 Å². The summed E-state index contributed by atoms with van der Waals surface area (Å²) < 4.78 is 10.1. The van der Waals surface area contributed by atoms with Crippen LogP contribution in [0.15, 0.2) is 24.3 Å². The molecule has 0 aliphatic heterocycles. The minimum Gasteiger partial charge on any atom is -0.497 e. The summed E-state index contributed by atoms with van der Waals surface area (Å²) in [4.78, 5) is 14.0. The van der Waals surface area contributed by atoms with Gasteiger partial charge < -0.3 is 20.1 Å². The Balaban J connectivity index is 2.15. The molecule has 1 saturated carbocycles. The molecule has 20 heavy (non-hydrogen) atoms. The molecule has 1 aliphatic carbocycles. The van der Waals surface area contributed by atoms with Crippen LogP contribution in [0.1, 0.15) is 12.8 Å². The van der Waals surface area contributed by atoms with Crippen molar-refractivity contribution in [3.63, 3.8) is 0 Å². The zero-order valence-electron chi connectivity index (χ0n) is 12.3. The molecule has 0 radical (unpaired) electrons. The average Bonchev–Trinajstić information content (AvgIpc) is 3.31. The number of ether oxygens (including phenoxy) is 2. The van der Waals surface area contributed by atoms with Crippen molar-refractivity contribution in [3.05, 3.63) is 24.3 Å². The zero-order valence-corrected chi connectivity index (χ0v) is 12.3. The van der Waals surface area contributed by atoms with Gasteiger partial charge in [-0.1, -0.05) is 6.07 Å². The molecule has 1 fully saturated rings. The normalized spacial score (nSPS) is 17.2. The maximum Gasteiger partial charge on any atom is 0.327 e. The van der Waals surface area contributed by atoms with Crippen LogP contribution in [0.4, 0.5) is 5.69 Å². The third-order valence-electron chi connectivity index (χ3n) is 3.86. The fraction of sp³-hybridized carbons (Fsp3) is 0.533. The predicted molar refractivity (Wildman–Crippen MR) is 77.9 cm³/mol. The molecule has 5 nitrogen and oxygen atoms in total. The molecular formula is C15H22N2O3. The van der Waals surface area contributed by atoms with E-state index < -0.39 is 5.54 Å². The summed E-state index contributed by atoms with van der Waals surface area (Å²) >= 11 is 0. The molecule has 2 rings (SSSR count). The maximum absolute atomic E-state index is 12.0. The second-order valence-corrected chi connectivity index (χ2v) is 5.36. The number of methoxy groups -OCH3 is 2. The third-order valence-corrected chi connectivity index (χ3v) is 3.86. The lowest BCUT2D eigenvalue weighted by atomic mass is 9.93. The molecule has 0 heterocycles. The van der Waals surface area contributed by atoms with E-state index in [9.17, 15) is 4.79 Å². The van der Waals surface area contributed by atoms with Gasteiger partial charge in [0.2, 0.25) is 0 Å². The van der Waals surface area contributed by atoms with Crippen LogP contribution in [-0.2, 0) is 9.53 Å². The lowest BCUT2D eigenvalue weighted by Gasteiger charge is -2.32. The maximum atomic E-state index is 12.0. The van der Waals surface area contributed by atoms with Gasteiger partial charge >= 0.3 is 5.97 Å². The molecule has 1 atom stereocenters. The number of anilines is 1. The molecule has 110 valence electrons. The van der Waals surface area contributed by atoms with Gasteiger partial charge in [-0.3, -0.25) is 0 Å². The number of carbonyl (C=O) groups excluding carboxylic acids is 1. The standard InChI is InChI=1S/C15H22N2O3/c1-17(12-5-4-6-13(9-12)19-2)10-15(16,11-7-8-11)14(18)20-3/h4-6,9,11H,7-8,10,16H2,1-3H3. The van der Waals surface area contributed by atoms with E-state index in [1.54, 1.807) is 7.11 Å². The number of hydrogen-bond acceptors (Lipinski definition) is 5. The van der Waals surface area contributed by atoms with Crippen molar-refractivity contribution in [2.24, 2.45) is 11.7 Å². The van der Waals surface area contributed by atoms with E-state index in [-0.39, 0.29) is 11.9 Å². The highest BCUT2D eigenvalue weighted by Crippen LogP contribution is 2.39. The van der Waals surface area contributed by atoms with Gasteiger partial charge in [-0.2, -0.15) is 0 Å². The lowest BCUT2D eigenvalue weighted by Crippen LogP contribution is -2.58. The number of nitrogens with two attached hydrogens (primary N) is 1. The molecule has 0 bridgehead atoms. The Kier molecular flexibility index (Phi) is 4.18. The van der Waals surface area contributed by atoms with Crippen LogP contribution in [-0.4, -0.2) is 39.3 Å². The van der Waals surface area contributed by atoms with E-state index >= 15 is 0 Å². The second kappa shape index (κ2) is 5.71. The topological polar surface area (TPSA) is 64.8 Å². The fourth-order valence-electron chi connectivity index (χ4n) is 2.48. The molecule has 2 N–H and O–H groups in total. The molecule has 1 aromatic carbocycles. The van der Waals surface area contributed by atoms with E-state index in [4.69, 9.17) is 15.2 Å². The summed E-state index contributed by atoms with van der Waals surface area (Å²) in [5.41, 5.74) is 6.34. The molecule has 0 saturated heterocycles. The average molecular weight is 278 g/mol. The first-order chi connectivity index (χ1) is 9.51. The van der Waals surface area contributed by atoms with Crippen LogP contribution in [0.25, 0.3) is 0 Å². The zero-order chi connectivity index (χ0) is 14.8. The first kappa shape index (κ1) is 14.7. The SMILES string of the molecule is COC(=O)C(N)(CN(C)c1cccc(OC)c1)C1CC1. The largest absolute Gasteiger partial charge is 0.497 e. The van der Waals surface area contributed by atoms with Crippen molar-refractivity contribution in [2.75, 3.05) is 32.7 Å². The number of esters is 1. The summed E-state index contributed by atoms with van der Waals surface area (Å²) in [5, 5.41) is 0. The molecule has 0 spiro atoms. The molecule has 1 unspecified atom stereocenters. The van der Waals surface area contributed by atoms with Gasteiger partial charge in [0.05, 0.1) is 14.2 Å². The Bertz CT molecular complexity index is 488. The first-order valence-electron chi connectivity index (χ1n) is 6.73. The van der Waals surface area contributed by atoms with Gasteiger partial charge in [-0.15, -0.1) is 0 Å². The molecule has 5 heteroatoms. The number of rotatable bonds is 6. The summed E-state index contributed by atoms with van der Waals surface area (Å²) in [6.45, 7) is 0.428. The summed E-state index contributed by atoms with van der Waals surface area (Å²) in [5.74, 6) is 0.652. The van der Waals surface area contributed by atoms with Crippen molar-refractivity contribution in [3.8, 4) is 5.75 Å². The Morgan fingerprint density at radius 3 is 2.70 bits per heavy atom. The van der Waals surface area contributed by atoms with Crippen molar-refractivity contribution < 1.29 is 14.3 Å². The van der Waals surface area contributed by atoms with Crippen LogP contribution in [0.5, 0.6) is 5.75 Å². The van der Waals surface area contributed by atoms with Gasteiger partial charge in [0.15, 0.2) is 0 Å². The molecule has 1 aliphatic rings. The van der Waals surface area contributed by atoms with Gasteiger partial charge in [0.1, 0.15) is 11.3 Å². The molecule has 1 aromatic rings. The van der Waals surface area contributed by atoms with Gasteiger partial charge in [0.25, 0.3) is 0 Å². The monoisotopic (exact) mass is 278 g/mol. The molecular weight excluding hydrogens is 256 g/mol. The summed E-state index contributed by atoms with van der Waals surface area (Å²) in [6.07, 6.45) is 1.97. The number of nitrogens with zero attached hydrogens (tertiary/aromatic N) is 1. The van der Waals surface area contributed by atoms with Crippen LogP contribution in [0.3, 0.4) is 0 Å². The minimum atomic E-state index is -0.938. The quantitative estimate of drug-likeness (QED) is 0.797. The van der Waals surface area contributed by atoms with E-state index in [0.29, 0.717) is 6.54 Å². The molecule has 0 aromatic heterocycles. The van der Waals surface area contributed by atoms with E-state index in [0.717, 1.165) is 24.3 Å². The van der Waals surface area contributed by atoms with Crippen molar-refractivity contribution in [2.45, 2.75) is 18.4 Å². The highest BCUT2D eigenvalue weighted by molar-refractivity contribution is 5.82. The van der Waals surface area contributed by atoms with E-state index in [1.807, 2.05) is 36.2 Å². The Labute approximate surface area is 119 Å². The second-order valence-electron chi connectivity index (χ2n) is 5.36. The Morgan fingerprint density at radius 1 is 1.45 bits per heavy atom. The summed E-state index contributed by atoms with van der Waals surface area (Å²) in [7, 11) is 4.94. The van der Waals surface area contributed by atoms with Gasteiger partial charge in [-0.05, 0) is 30.9 Å². The fourth-order valence-corrected chi connectivity index (χ4v) is 2.48. The predicted octanol–water partition coefficient (Wildman–Crippen LogP) is 1.41. The Hall–Kier alpha value is -1.75. The third kappa shape index (κ3) is 2.88. The highest BCUT2D eigenvalue weighted by Gasteiger charge is 2.49. The number of likely N-dealkylation sites (N-methyl/N-ethyl adjacent to an activating group) is 1. The number of hydrogen-bond donors (Lipinski definition) is 1. The van der Waals surface area contributed by atoms with Crippen molar-refractivity contribution in [1.29, 1.82) is 0 Å². The van der Waals surface area contributed by atoms with Gasteiger partial charge in [-0.25, -0.2) is 4.79 Å². The van der Waals surface area contributed by atoms with Crippen LogP contribution in [0, 0.1) is 5.92 Å². The van der Waals surface area contributed by atoms with E-state index in [1.165, 1.54) is 7.11 Å². The van der Waals surface area contributed by atoms with Crippen LogP contribution < -0.4 is 15.4 Å². The van der Waals surface area contributed by atoms with Crippen molar-refractivity contribution >= 4 is 11.7 Å². The minimum absolute atomic E-state index is 0.211. The summed E-state index contributed by atoms with van der Waals surface area (Å²) in [6, 6.07) is 7.68. The Morgan fingerprint density at radius 2 is 2.15 bits per heavy atom.